The van der Waals surface area contributed by atoms with E-state index in [1.165, 1.54) is 0 Å². The number of benzene rings is 3. The smallest absolute Gasteiger partial charge is 0.340 e. The second-order valence-corrected chi connectivity index (χ2v) is 5.77. The van der Waals surface area contributed by atoms with E-state index in [1.54, 1.807) is 31.2 Å². The van der Waals surface area contributed by atoms with Crippen molar-refractivity contribution < 1.29 is 29.3 Å². The number of carboxylic acid groups (broad SMARTS) is 2. The summed E-state index contributed by atoms with van der Waals surface area (Å²) in [6.07, 6.45) is 0. The van der Waals surface area contributed by atoms with E-state index < -0.39 is 23.1 Å². The van der Waals surface area contributed by atoms with Gasteiger partial charge in [0, 0.05) is 10.8 Å². The second kappa shape index (κ2) is 7.78. The van der Waals surface area contributed by atoms with Crippen LogP contribution in [0.15, 0.2) is 54.6 Å². The zero-order chi connectivity index (χ0) is 19.4. The van der Waals surface area contributed by atoms with E-state index in [0.717, 1.165) is 5.56 Å². The lowest BCUT2D eigenvalue weighted by atomic mass is 9.97. The summed E-state index contributed by atoms with van der Waals surface area (Å²) in [5.74, 6) is -2.72. The van der Waals surface area contributed by atoms with Crippen molar-refractivity contribution in [1.29, 1.82) is 0 Å². The van der Waals surface area contributed by atoms with E-state index in [1.807, 2.05) is 30.3 Å². The standard InChI is InChI=1S/C21H18O6/c1-2-26-18-14-10-6-7-11-15(14)19(17(21(24)25)16(18)20(22)23)27-12-13-8-4-3-5-9-13/h3-11H,2,12H2,1H3,(H,22,23)(H,24,25). The van der Waals surface area contributed by atoms with Gasteiger partial charge in [-0.3, -0.25) is 0 Å². The van der Waals surface area contributed by atoms with Crippen LogP contribution in [-0.4, -0.2) is 28.8 Å². The number of aromatic carboxylic acids is 2. The van der Waals surface area contributed by atoms with Crippen molar-refractivity contribution in [2.24, 2.45) is 0 Å². The molecule has 0 atom stereocenters. The van der Waals surface area contributed by atoms with Crippen molar-refractivity contribution in [2.75, 3.05) is 6.61 Å². The number of hydrogen-bond donors (Lipinski definition) is 2. The lowest BCUT2D eigenvalue weighted by Crippen LogP contribution is -2.14. The highest BCUT2D eigenvalue weighted by Crippen LogP contribution is 2.41. The van der Waals surface area contributed by atoms with Crippen molar-refractivity contribution in [1.82, 2.24) is 0 Å². The van der Waals surface area contributed by atoms with Gasteiger partial charge in [0.2, 0.25) is 0 Å². The Morgan fingerprint density at radius 2 is 1.26 bits per heavy atom. The van der Waals surface area contributed by atoms with Crippen LogP contribution in [0.25, 0.3) is 10.8 Å². The first-order valence-electron chi connectivity index (χ1n) is 8.39. The summed E-state index contributed by atoms with van der Waals surface area (Å²) < 4.78 is 11.3. The highest BCUT2D eigenvalue weighted by Gasteiger charge is 2.30. The molecule has 0 aliphatic rings. The predicted octanol–water partition coefficient (Wildman–Crippen LogP) is 4.21. The molecule has 0 saturated carbocycles. The molecule has 0 saturated heterocycles. The zero-order valence-electron chi connectivity index (χ0n) is 14.6. The summed E-state index contributed by atoms with van der Waals surface area (Å²) >= 11 is 0. The molecule has 0 heterocycles. The fraction of sp³-hybridized carbons (Fsp3) is 0.143. The molecule has 3 rings (SSSR count). The molecule has 0 unspecified atom stereocenters. The Labute approximate surface area is 155 Å². The maximum atomic E-state index is 12.0. The van der Waals surface area contributed by atoms with Crippen molar-refractivity contribution in [3.63, 3.8) is 0 Å². The second-order valence-electron chi connectivity index (χ2n) is 5.77. The van der Waals surface area contributed by atoms with Crippen LogP contribution < -0.4 is 9.47 Å². The lowest BCUT2D eigenvalue weighted by molar-refractivity contribution is 0.0644. The first-order chi connectivity index (χ1) is 13.0. The Balaban J connectivity index is 2.27. The Bertz CT molecular complexity index is 994. The molecule has 2 N–H and O–H groups in total. The third-order valence-corrected chi connectivity index (χ3v) is 4.06. The number of carbonyl (C=O) groups is 2. The summed E-state index contributed by atoms with van der Waals surface area (Å²) in [4.78, 5) is 23.9. The highest BCUT2D eigenvalue weighted by molar-refractivity contribution is 6.13. The fourth-order valence-corrected chi connectivity index (χ4v) is 2.96. The van der Waals surface area contributed by atoms with Gasteiger partial charge in [0.05, 0.1) is 6.61 Å². The van der Waals surface area contributed by atoms with Crippen LogP contribution in [-0.2, 0) is 6.61 Å². The molecular weight excluding hydrogens is 348 g/mol. The van der Waals surface area contributed by atoms with Crippen LogP contribution in [0.5, 0.6) is 11.5 Å². The van der Waals surface area contributed by atoms with Crippen LogP contribution in [0.4, 0.5) is 0 Å². The third-order valence-electron chi connectivity index (χ3n) is 4.06. The van der Waals surface area contributed by atoms with Crippen LogP contribution in [0.3, 0.4) is 0 Å². The van der Waals surface area contributed by atoms with Gasteiger partial charge in [-0.2, -0.15) is 0 Å². The van der Waals surface area contributed by atoms with Crippen LogP contribution >= 0.6 is 0 Å². The monoisotopic (exact) mass is 366 g/mol. The van der Waals surface area contributed by atoms with Crippen LogP contribution in [0.2, 0.25) is 0 Å². The number of fused-ring (bicyclic) bond motifs is 1. The van der Waals surface area contributed by atoms with Crippen molar-refractivity contribution >= 4 is 22.7 Å². The number of hydrogen-bond acceptors (Lipinski definition) is 4. The van der Waals surface area contributed by atoms with Crippen LogP contribution in [0.1, 0.15) is 33.2 Å². The molecule has 0 aliphatic heterocycles. The van der Waals surface area contributed by atoms with E-state index in [4.69, 9.17) is 9.47 Å². The molecule has 0 bridgehead atoms. The van der Waals surface area contributed by atoms with E-state index >= 15 is 0 Å². The summed E-state index contributed by atoms with van der Waals surface area (Å²) in [7, 11) is 0. The molecule has 3 aromatic rings. The van der Waals surface area contributed by atoms with Crippen LogP contribution in [0, 0.1) is 0 Å². The molecule has 27 heavy (non-hydrogen) atoms. The molecule has 6 nitrogen and oxygen atoms in total. The summed E-state index contributed by atoms with van der Waals surface area (Å²) in [5, 5.41) is 20.4. The van der Waals surface area contributed by atoms with Crippen molar-refractivity contribution in [2.45, 2.75) is 13.5 Å². The van der Waals surface area contributed by atoms with Gasteiger partial charge in [0.1, 0.15) is 29.2 Å². The van der Waals surface area contributed by atoms with Gasteiger partial charge in [-0.05, 0) is 12.5 Å². The molecule has 0 fully saturated rings. The maximum Gasteiger partial charge on any atom is 0.340 e. The summed E-state index contributed by atoms with van der Waals surface area (Å²) in [6.45, 7) is 2.02. The molecule has 138 valence electrons. The molecule has 0 amide bonds. The Kier molecular flexibility index (Phi) is 5.26. The Hall–Kier alpha value is -3.54. The maximum absolute atomic E-state index is 12.0. The third kappa shape index (κ3) is 3.55. The number of ether oxygens (including phenoxy) is 2. The van der Waals surface area contributed by atoms with Gasteiger partial charge >= 0.3 is 11.9 Å². The zero-order valence-corrected chi connectivity index (χ0v) is 14.6. The molecule has 3 aromatic carbocycles. The minimum atomic E-state index is -1.39. The van der Waals surface area contributed by atoms with E-state index in [0.29, 0.717) is 10.8 Å². The van der Waals surface area contributed by atoms with Crippen molar-refractivity contribution in [3.05, 3.63) is 71.3 Å². The Morgan fingerprint density at radius 3 is 1.74 bits per heavy atom. The van der Waals surface area contributed by atoms with Gasteiger partial charge in [-0.1, -0.05) is 54.6 Å². The van der Waals surface area contributed by atoms with Gasteiger partial charge in [-0.25, -0.2) is 9.59 Å². The molecule has 0 spiro atoms. The molecule has 6 heteroatoms. The molecule has 0 aliphatic carbocycles. The highest BCUT2D eigenvalue weighted by atomic mass is 16.5. The topological polar surface area (TPSA) is 93.1 Å². The first-order valence-corrected chi connectivity index (χ1v) is 8.39. The SMILES string of the molecule is CCOc1c(C(=O)O)c(C(=O)O)c(OCc2ccccc2)c2ccccc12. The summed E-state index contributed by atoms with van der Waals surface area (Å²) in [6, 6.07) is 16.1. The fourth-order valence-electron chi connectivity index (χ4n) is 2.96. The minimum absolute atomic E-state index is 0.0165. The van der Waals surface area contributed by atoms with E-state index in [9.17, 15) is 19.8 Å². The molecule has 0 aromatic heterocycles. The number of rotatable bonds is 7. The average Bonchev–Trinajstić information content (AvgIpc) is 2.67. The lowest BCUT2D eigenvalue weighted by Gasteiger charge is -2.18. The van der Waals surface area contributed by atoms with Gasteiger partial charge in [0.25, 0.3) is 0 Å². The normalized spacial score (nSPS) is 10.6. The summed E-state index contributed by atoms with van der Waals surface area (Å²) in [5.41, 5.74) is 0.00960. The van der Waals surface area contributed by atoms with Gasteiger partial charge in [0.15, 0.2) is 0 Å². The largest absolute Gasteiger partial charge is 0.492 e. The first kappa shape index (κ1) is 18.3. The quantitative estimate of drug-likeness (QED) is 0.650. The molecule has 0 radical (unpaired) electrons. The van der Waals surface area contributed by atoms with E-state index in [-0.39, 0.29) is 24.7 Å². The van der Waals surface area contributed by atoms with Gasteiger partial charge in [-0.15, -0.1) is 0 Å². The minimum Gasteiger partial charge on any atom is -0.492 e. The van der Waals surface area contributed by atoms with Crippen molar-refractivity contribution in [3.8, 4) is 11.5 Å². The van der Waals surface area contributed by atoms with Gasteiger partial charge < -0.3 is 19.7 Å². The predicted molar refractivity (Wildman–Crippen MR) is 99.8 cm³/mol. The number of carboxylic acids is 2. The average molecular weight is 366 g/mol. The van der Waals surface area contributed by atoms with E-state index in [2.05, 4.69) is 0 Å². The molecular formula is C21H18O6. The Morgan fingerprint density at radius 1 is 0.778 bits per heavy atom.